The molecule has 112 valence electrons. The van der Waals surface area contributed by atoms with Gasteiger partial charge in [-0.3, -0.25) is 0 Å². The predicted molar refractivity (Wildman–Crippen MR) is 78.5 cm³/mol. The molecule has 1 atom stereocenters. The Hall–Kier alpha value is -1.11. The molecule has 0 amide bonds. The molecule has 1 aromatic carbocycles. The summed E-state index contributed by atoms with van der Waals surface area (Å²) in [7, 11) is -1.93. The minimum Gasteiger partial charge on any atom is -0.497 e. The van der Waals surface area contributed by atoms with Crippen molar-refractivity contribution in [1.29, 1.82) is 0 Å². The van der Waals surface area contributed by atoms with Crippen LogP contribution in [0.2, 0.25) is 0 Å². The number of ether oxygens (including phenoxy) is 1. The maximum Gasteiger partial charge on any atom is 0.243 e. The molecule has 6 heteroatoms. The van der Waals surface area contributed by atoms with Crippen LogP contribution in [0.15, 0.2) is 29.2 Å². The van der Waals surface area contributed by atoms with E-state index in [0.29, 0.717) is 17.2 Å². The summed E-state index contributed by atoms with van der Waals surface area (Å²) in [6.45, 7) is 4.04. The first-order valence-corrected chi connectivity index (χ1v) is 8.40. The second kappa shape index (κ2) is 6.56. The first-order chi connectivity index (χ1) is 9.59. The fourth-order valence-corrected chi connectivity index (χ4v) is 4.30. The van der Waals surface area contributed by atoms with Crippen molar-refractivity contribution in [2.75, 3.05) is 26.7 Å². The number of hydrogen-bond acceptors (Lipinski definition) is 4. The van der Waals surface area contributed by atoms with Crippen LogP contribution in [0.3, 0.4) is 0 Å². The number of likely N-dealkylation sites (N-methyl/N-ethyl adjacent to an activating group) is 1. The van der Waals surface area contributed by atoms with Crippen molar-refractivity contribution in [1.82, 2.24) is 9.62 Å². The largest absolute Gasteiger partial charge is 0.497 e. The van der Waals surface area contributed by atoms with Gasteiger partial charge in [-0.1, -0.05) is 13.0 Å². The second-order valence-corrected chi connectivity index (χ2v) is 6.78. The van der Waals surface area contributed by atoms with E-state index in [4.69, 9.17) is 4.74 Å². The van der Waals surface area contributed by atoms with E-state index in [1.54, 1.807) is 28.6 Å². The Bertz CT molecular complexity index is 539. The Labute approximate surface area is 121 Å². The molecular weight excluding hydrogens is 276 g/mol. The van der Waals surface area contributed by atoms with Gasteiger partial charge in [0.25, 0.3) is 0 Å². The van der Waals surface area contributed by atoms with Gasteiger partial charge in [-0.15, -0.1) is 0 Å². The number of rotatable bonds is 5. The average Bonchev–Trinajstić information content (AvgIpc) is 2.49. The van der Waals surface area contributed by atoms with Crippen molar-refractivity contribution in [3.8, 4) is 5.75 Å². The summed E-state index contributed by atoms with van der Waals surface area (Å²) in [5.41, 5.74) is 0. The van der Waals surface area contributed by atoms with E-state index in [2.05, 4.69) is 5.32 Å². The molecule has 1 saturated heterocycles. The molecule has 0 aromatic heterocycles. The molecule has 0 saturated carbocycles. The van der Waals surface area contributed by atoms with Crippen LogP contribution in [0, 0.1) is 0 Å². The summed E-state index contributed by atoms with van der Waals surface area (Å²) in [5.74, 6) is 0.559. The smallest absolute Gasteiger partial charge is 0.243 e. The molecule has 1 N–H and O–H groups in total. The van der Waals surface area contributed by atoms with Gasteiger partial charge in [0.2, 0.25) is 10.0 Å². The minimum atomic E-state index is -3.47. The van der Waals surface area contributed by atoms with Crippen LogP contribution in [-0.2, 0) is 10.0 Å². The van der Waals surface area contributed by atoms with Crippen LogP contribution in [-0.4, -0.2) is 45.5 Å². The number of piperidine rings is 1. The van der Waals surface area contributed by atoms with Gasteiger partial charge in [0.05, 0.1) is 12.0 Å². The third-order valence-corrected chi connectivity index (χ3v) is 5.66. The standard InChI is InChI=1S/C14H22N2O3S/c1-3-16(12-6-5-9-15-11-12)20(17,18)14-8-4-7-13(10-14)19-2/h4,7-8,10,12,15H,3,5-6,9,11H2,1-2H3. The van der Waals surface area contributed by atoms with Gasteiger partial charge in [0.15, 0.2) is 0 Å². The number of methoxy groups -OCH3 is 1. The molecule has 0 aliphatic carbocycles. The molecule has 1 aliphatic rings. The molecule has 0 spiro atoms. The van der Waals surface area contributed by atoms with E-state index in [9.17, 15) is 8.42 Å². The van der Waals surface area contributed by atoms with Crippen LogP contribution < -0.4 is 10.1 Å². The van der Waals surface area contributed by atoms with Gasteiger partial charge in [-0.2, -0.15) is 4.31 Å². The van der Waals surface area contributed by atoms with E-state index in [-0.39, 0.29) is 6.04 Å². The highest BCUT2D eigenvalue weighted by Gasteiger charge is 2.31. The highest BCUT2D eigenvalue weighted by molar-refractivity contribution is 7.89. The van der Waals surface area contributed by atoms with Crippen LogP contribution in [0.25, 0.3) is 0 Å². The van der Waals surface area contributed by atoms with Crippen molar-refractivity contribution in [2.45, 2.75) is 30.7 Å². The first-order valence-electron chi connectivity index (χ1n) is 6.96. The molecule has 20 heavy (non-hydrogen) atoms. The van der Waals surface area contributed by atoms with Crippen LogP contribution in [0.4, 0.5) is 0 Å². The molecule has 5 nitrogen and oxygen atoms in total. The lowest BCUT2D eigenvalue weighted by Gasteiger charge is -2.33. The molecular formula is C14H22N2O3S. The summed E-state index contributed by atoms with van der Waals surface area (Å²) in [6, 6.07) is 6.69. The summed E-state index contributed by atoms with van der Waals surface area (Å²) < 4.78 is 32.3. The van der Waals surface area contributed by atoms with Gasteiger partial charge < -0.3 is 10.1 Å². The van der Waals surface area contributed by atoms with Crippen molar-refractivity contribution < 1.29 is 13.2 Å². The molecule has 1 aromatic rings. The number of nitrogens with one attached hydrogen (secondary N) is 1. The highest BCUT2D eigenvalue weighted by atomic mass is 32.2. The third kappa shape index (κ3) is 3.13. The monoisotopic (exact) mass is 298 g/mol. The van der Waals surface area contributed by atoms with Crippen molar-refractivity contribution in [3.63, 3.8) is 0 Å². The zero-order chi connectivity index (χ0) is 14.6. The molecule has 2 rings (SSSR count). The quantitative estimate of drug-likeness (QED) is 0.894. The molecule has 0 bridgehead atoms. The summed E-state index contributed by atoms with van der Waals surface area (Å²) in [5, 5.41) is 3.26. The molecule has 1 fully saturated rings. The van der Waals surface area contributed by atoms with Gasteiger partial charge in [0.1, 0.15) is 5.75 Å². The second-order valence-electron chi connectivity index (χ2n) is 4.89. The predicted octanol–water partition coefficient (Wildman–Crippen LogP) is 1.46. The van der Waals surface area contributed by atoms with E-state index in [0.717, 1.165) is 25.9 Å². The fourth-order valence-electron chi connectivity index (χ4n) is 2.60. The maximum atomic E-state index is 12.8. The topological polar surface area (TPSA) is 58.6 Å². The van der Waals surface area contributed by atoms with E-state index in [1.807, 2.05) is 6.92 Å². The number of sulfonamides is 1. The molecule has 1 heterocycles. The third-order valence-electron chi connectivity index (χ3n) is 3.64. The van der Waals surface area contributed by atoms with Gasteiger partial charge >= 0.3 is 0 Å². The van der Waals surface area contributed by atoms with Crippen molar-refractivity contribution >= 4 is 10.0 Å². The van der Waals surface area contributed by atoms with Crippen molar-refractivity contribution in [3.05, 3.63) is 24.3 Å². The summed E-state index contributed by atoms with van der Waals surface area (Å²) in [6.07, 6.45) is 1.92. The Morgan fingerprint density at radius 1 is 1.45 bits per heavy atom. The van der Waals surface area contributed by atoms with Gasteiger partial charge in [-0.05, 0) is 31.5 Å². The van der Waals surface area contributed by atoms with E-state index in [1.165, 1.54) is 7.11 Å². The Kier molecular flexibility index (Phi) is 5.01. The highest BCUT2D eigenvalue weighted by Crippen LogP contribution is 2.24. The lowest BCUT2D eigenvalue weighted by Crippen LogP contribution is -2.48. The zero-order valence-corrected chi connectivity index (χ0v) is 12.8. The average molecular weight is 298 g/mol. The van der Waals surface area contributed by atoms with Crippen LogP contribution in [0.5, 0.6) is 5.75 Å². The Morgan fingerprint density at radius 3 is 2.85 bits per heavy atom. The maximum absolute atomic E-state index is 12.8. The SMILES string of the molecule is CCN(C1CCCNC1)S(=O)(=O)c1cccc(OC)c1. The fraction of sp³-hybridized carbons (Fsp3) is 0.571. The summed E-state index contributed by atoms with van der Waals surface area (Å²) in [4.78, 5) is 0.296. The first kappa shape index (κ1) is 15.3. The Morgan fingerprint density at radius 2 is 2.25 bits per heavy atom. The van der Waals surface area contributed by atoms with Gasteiger partial charge in [-0.25, -0.2) is 8.42 Å². The van der Waals surface area contributed by atoms with Gasteiger partial charge in [0, 0.05) is 25.2 Å². The number of hydrogen-bond donors (Lipinski definition) is 1. The Balaban J connectivity index is 2.30. The zero-order valence-electron chi connectivity index (χ0n) is 12.0. The normalized spacial score (nSPS) is 20.1. The lowest BCUT2D eigenvalue weighted by atomic mass is 10.1. The van der Waals surface area contributed by atoms with Crippen LogP contribution in [0.1, 0.15) is 19.8 Å². The molecule has 1 aliphatic heterocycles. The minimum absolute atomic E-state index is 0.0324. The van der Waals surface area contributed by atoms with E-state index >= 15 is 0 Å². The molecule has 1 unspecified atom stereocenters. The lowest BCUT2D eigenvalue weighted by molar-refractivity contribution is 0.274. The van der Waals surface area contributed by atoms with Crippen molar-refractivity contribution in [2.24, 2.45) is 0 Å². The van der Waals surface area contributed by atoms with Crippen LogP contribution >= 0.6 is 0 Å². The molecule has 0 radical (unpaired) electrons. The van der Waals surface area contributed by atoms with E-state index < -0.39 is 10.0 Å². The number of benzene rings is 1. The number of nitrogens with zero attached hydrogens (tertiary/aromatic N) is 1. The summed E-state index contributed by atoms with van der Waals surface area (Å²) >= 11 is 0.